The first-order chi connectivity index (χ1) is 14.1. The lowest BCUT2D eigenvalue weighted by Crippen LogP contribution is -2.20. The molecule has 0 unspecified atom stereocenters. The molecule has 8 heteroatoms. The second-order valence-corrected chi connectivity index (χ2v) is 7.25. The van der Waals surface area contributed by atoms with Gasteiger partial charge in [-0.2, -0.15) is 0 Å². The second kappa shape index (κ2) is 8.40. The zero-order valence-corrected chi connectivity index (χ0v) is 16.9. The normalized spacial score (nSPS) is 12.3. The number of amides is 1. The fraction of sp³-hybridized carbons (Fsp3) is 0.238. The summed E-state index contributed by atoms with van der Waals surface area (Å²) in [5, 5.41) is 5.14. The summed E-state index contributed by atoms with van der Waals surface area (Å²) in [6, 6.07) is 11.2. The zero-order chi connectivity index (χ0) is 20.2. The van der Waals surface area contributed by atoms with Crippen LogP contribution in [0.1, 0.15) is 5.56 Å². The van der Waals surface area contributed by atoms with Gasteiger partial charge in [-0.05, 0) is 42.8 Å². The van der Waals surface area contributed by atoms with Gasteiger partial charge in [0.15, 0.2) is 34.7 Å². The number of aryl methyl sites for hydroxylation is 1. The van der Waals surface area contributed by atoms with E-state index in [0.717, 1.165) is 22.6 Å². The van der Waals surface area contributed by atoms with Crippen molar-refractivity contribution in [3.8, 4) is 34.3 Å². The molecule has 150 valence electrons. The Labute approximate surface area is 172 Å². The maximum atomic E-state index is 12.2. The van der Waals surface area contributed by atoms with Gasteiger partial charge in [-0.3, -0.25) is 10.1 Å². The van der Waals surface area contributed by atoms with Gasteiger partial charge in [0.05, 0.1) is 12.8 Å². The molecule has 0 spiro atoms. The standard InChI is InChI=1S/C21H20N2O5S/c1-13-3-5-16(18(9-13)25-2)28-11-20(24)23-21-22-15(12-29-21)14-4-6-17-19(10-14)27-8-7-26-17/h3-6,9-10,12H,7-8,11H2,1-2H3,(H,22,23,24). The van der Waals surface area contributed by atoms with Gasteiger partial charge in [-0.25, -0.2) is 4.98 Å². The van der Waals surface area contributed by atoms with E-state index < -0.39 is 0 Å². The molecule has 0 radical (unpaired) electrons. The molecule has 1 N–H and O–H groups in total. The fourth-order valence-electron chi connectivity index (χ4n) is 2.86. The van der Waals surface area contributed by atoms with Crippen molar-refractivity contribution in [3.63, 3.8) is 0 Å². The summed E-state index contributed by atoms with van der Waals surface area (Å²) in [7, 11) is 1.57. The van der Waals surface area contributed by atoms with Crippen LogP contribution < -0.4 is 24.3 Å². The lowest BCUT2D eigenvalue weighted by molar-refractivity contribution is -0.118. The van der Waals surface area contributed by atoms with Crippen molar-refractivity contribution in [1.29, 1.82) is 0 Å². The molecule has 29 heavy (non-hydrogen) atoms. The minimum Gasteiger partial charge on any atom is -0.493 e. The number of anilines is 1. The van der Waals surface area contributed by atoms with Crippen molar-refractivity contribution in [1.82, 2.24) is 4.98 Å². The van der Waals surface area contributed by atoms with Gasteiger partial charge < -0.3 is 18.9 Å². The minimum absolute atomic E-state index is 0.141. The number of thiazole rings is 1. The number of benzene rings is 2. The summed E-state index contributed by atoms with van der Waals surface area (Å²) in [6.07, 6.45) is 0. The Morgan fingerprint density at radius 3 is 2.79 bits per heavy atom. The van der Waals surface area contributed by atoms with Crippen LogP contribution in [0, 0.1) is 6.92 Å². The van der Waals surface area contributed by atoms with Crippen LogP contribution in [0.4, 0.5) is 5.13 Å². The fourth-order valence-corrected chi connectivity index (χ4v) is 3.59. The van der Waals surface area contributed by atoms with E-state index in [0.29, 0.717) is 35.6 Å². The van der Waals surface area contributed by atoms with Crippen LogP contribution in [-0.2, 0) is 4.79 Å². The number of fused-ring (bicyclic) bond motifs is 1. The Hall–Kier alpha value is -3.26. The largest absolute Gasteiger partial charge is 0.493 e. The van der Waals surface area contributed by atoms with Crippen LogP contribution in [0.25, 0.3) is 11.3 Å². The van der Waals surface area contributed by atoms with E-state index in [1.165, 1.54) is 11.3 Å². The van der Waals surface area contributed by atoms with Gasteiger partial charge in [0.1, 0.15) is 13.2 Å². The van der Waals surface area contributed by atoms with Crippen molar-refractivity contribution >= 4 is 22.4 Å². The number of rotatable bonds is 6. The van der Waals surface area contributed by atoms with Crippen LogP contribution in [0.3, 0.4) is 0 Å². The Balaban J connectivity index is 1.38. The highest BCUT2D eigenvalue weighted by atomic mass is 32.1. The molecular weight excluding hydrogens is 392 g/mol. The molecule has 2 aromatic carbocycles. The number of ether oxygens (including phenoxy) is 4. The zero-order valence-electron chi connectivity index (χ0n) is 16.1. The number of nitrogens with zero attached hydrogens (tertiary/aromatic N) is 1. The maximum Gasteiger partial charge on any atom is 0.264 e. The van der Waals surface area contributed by atoms with Gasteiger partial charge in [0, 0.05) is 10.9 Å². The van der Waals surface area contributed by atoms with Crippen molar-refractivity contribution in [2.45, 2.75) is 6.92 Å². The molecule has 0 saturated carbocycles. The molecule has 3 aromatic rings. The molecule has 1 aliphatic heterocycles. The lowest BCUT2D eigenvalue weighted by atomic mass is 10.1. The average molecular weight is 412 g/mol. The van der Waals surface area contributed by atoms with E-state index in [1.807, 2.05) is 42.6 Å². The van der Waals surface area contributed by atoms with Crippen LogP contribution in [0.15, 0.2) is 41.8 Å². The molecule has 1 aliphatic rings. The van der Waals surface area contributed by atoms with E-state index in [4.69, 9.17) is 18.9 Å². The first kappa shape index (κ1) is 19.1. The number of carbonyl (C=O) groups is 1. The summed E-state index contributed by atoms with van der Waals surface area (Å²) in [5.41, 5.74) is 2.70. The first-order valence-electron chi connectivity index (χ1n) is 9.05. The smallest absolute Gasteiger partial charge is 0.264 e. The highest BCUT2D eigenvalue weighted by Crippen LogP contribution is 2.35. The summed E-state index contributed by atoms with van der Waals surface area (Å²) in [5.74, 6) is 2.24. The summed E-state index contributed by atoms with van der Waals surface area (Å²) >= 11 is 1.35. The molecule has 1 amide bonds. The Bertz CT molecular complexity index is 1030. The van der Waals surface area contributed by atoms with Crippen molar-refractivity contribution < 1.29 is 23.7 Å². The third-order valence-corrected chi connectivity index (χ3v) is 5.02. The Morgan fingerprint density at radius 2 is 1.97 bits per heavy atom. The molecule has 4 rings (SSSR count). The van der Waals surface area contributed by atoms with Gasteiger partial charge in [-0.15, -0.1) is 11.3 Å². The maximum absolute atomic E-state index is 12.2. The Morgan fingerprint density at radius 1 is 1.14 bits per heavy atom. The number of hydrogen-bond acceptors (Lipinski definition) is 7. The quantitative estimate of drug-likeness (QED) is 0.661. The number of methoxy groups -OCH3 is 1. The molecular formula is C21H20N2O5S. The second-order valence-electron chi connectivity index (χ2n) is 6.39. The van der Waals surface area contributed by atoms with Crippen LogP contribution in [0.5, 0.6) is 23.0 Å². The Kier molecular flexibility index (Phi) is 5.53. The molecule has 2 heterocycles. The highest BCUT2D eigenvalue weighted by Gasteiger charge is 2.15. The molecule has 0 bridgehead atoms. The first-order valence-corrected chi connectivity index (χ1v) is 9.93. The topological polar surface area (TPSA) is 78.9 Å². The highest BCUT2D eigenvalue weighted by molar-refractivity contribution is 7.14. The van der Waals surface area contributed by atoms with E-state index >= 15 is 0 Å². The number of hydrogen-bond donors (Lipinski definition) is 1. The minimum atomic E-state index is -0.296. The van der Waals surface area contributed by atoms with E-state index in [2.05, 4.69) is 10.3 Å². The number of nitrogens with one attached hydrogen (secondary N) is 1. The average Bonchev–Trinajstić information content (AvgIpc) is 3.20. The van der Waals surface area contributed by atoms with Crippen LogP contribution in [0.2, 0.25) is 0 Å². The number of carbonyl (C=O) groups excluding carboxylic acids is 1. The molecule has 0 atom stereocenters. The van der Waals surface area contributed by atoms with Crippen LogP contribution in [-0.4, -0.2) is 37.8 Å². The van der Waals surface area contributed by atoms with E-state index in [9.17, 15) is 4.79 Å². The van der Waals surface area contributed by atoms with Crippen molar-refractivity contribution in [2.75, 3.05) is 32.2 Å². The summed E-state index contributed by atoms with van der Waals surface area (Å²) in [6.45, 7) is 2.90. The lowest BCUT2D eigenvalue weighted by Gasteiger charge is -2.18. The molecule has 0 fully saturated rings. The van der Waals surface area contributed by atoms with Gasteiger partial charge in [0.25, 0.3) is 5.91 Å². The molecule has 7 nitrogen and oxygen atoms in total. The molecule has 1 aromatic heterocycles. The third-order valence-electron chi connectivity index (χ3n) is 4.27. The van der Waals surface area contributed by atoms with Crippen LogP contribution >= 0.6 is 11.3 Å². The van der Waals surface area contributed by atoms with Gasteiger partial charge in [0.2, 0.25) is 0 Å². The predicted octanol–water partition coefficient (Wildman–Crippen LogP) is 3.92. The monoisotopic (exact) mass is 412 g/mol. The third kappa shape index (κ3) is 4.43. The summed E-state index contributed by atoms with van der Waals surface area (Å²) in [4.78, 5) is 16.7. The summed E-state index contributed by atoms with van der Waals surface area (Å²) < 4.78 is 22.0. The molecule has 0 saturated heterocycles. The molecule has 0 aliphatic carbocycles. The van der Waals surface area contributed by atoms with Crippen molar-refractivity contribution in [3.05, 3.63) is 47.3 Å². The number of aromatic nitrogens is 1. The SMILES string of the molecule is COc1cc(C)ccc1OCC(=O)Nc1nc(-c2ccc3c(c2)OCCO3)cs1. The van der Waals surface area contributed by atoms with Gasteiger partial charge in [-0.1, -0.05) is 6.07 Å². The van der Waals surface area contributed by atoms with E-state index in [-0.39, 0.29) is 12.5 Å². The van der Waals surface area contributed by atoms with Crippen molar-refractivity contribution in [2.24, 2.45) is 0 Å². The predicted molar refractivity (Wildman–Crippen MR) is 110 cm³/mol. The van der Waals surface area contributed by atoms with E-state index in [1.54, 1.807) is 13.2 Å². The van der Waals surface area contributed by atoms with Gasteiger partial charge >= 0.3 is 0 Å².